The van der Waals surface area contributed by atoms with E-state index in [1.807, 2.05) is 25.1 Å². The Morgan fingerprint density at radius 2 is 2.00 bits per heavy atom. The third-order valence-electron chi connectivity index (χ3n) is 2.16. The van der Waals surface area contributed by atoms with Gasteiger partial charge in [-0.2, -0.15) is 5.10 Å². The van der Waals surface area contributed by atoms with E-state index >= 15 is 0 Å². The number of hydrogen-bond donors (Lipinski definition) is 0. The van der Waals surface area contributed by atoms with Crippen molar-refractivity contribution >= 4 is 11.6 Å². The molecule has 0 bridgehead atoms. The van der Waals surface area contributed by atoms with Crippen molar-refractivity contribution in [2.75, 3.05) is 0 Å². The molecule has 15 heavy (non-hydrogen) atoms. The number of rotatable bonds is 2. The minimum absolute atomic E-state index is 0.619. The van der Waals surface area contributed by atoms with Gasteiger partial charge in [0.1, 0.15) is 0 Å². The first-order valence-electron chi connectivity index (χ1n) is 4.57. The minimum atomic E-state index is -0.619. The lowest BCUT2D eigenvalue weighted by Gasteiger charge is -2.02. The molecular formula is C11H10ClFN2. The molecule has 0 spiro atoms. The summed E-state index contributed by atoms with van der Waals surface area (Å²) in [6.45, 7) is 1.22. The normalized spacial score (nSPS) is 10.6. The number of hydrogen-bond acceptors (Lipinski definition) is 1. The van der Waals surface area contributed by atoms with E-state index in [0.717, 1.165) is 17.0 Å². The topological polar surface area (TPSA) is 17.8 Å². The fourth-order valence-corrected chi connectivity index (χ4v) is 1.62. The Labute approximate surface area is 92.3 Å². The molecule has 1 aromatic heterocycles. The van der Waals surface area contributed by atoms with Gasteiger partial charge in [0.05, 0.1) is 11.4 Å². The van der Waals surface area contributed by atoms with Crippen molar-refractivity contribution in [2.45, 2.75) is 13.7 Å². The van der Waals surface area contributed by atoms with E-state index < -0.39 is 6.80 Å². The van der Waals surface area contributed by atoms with Gasteiger partial charge in [0.15, 0.2) is 6.80 Å². The molecule has 78 valence electrons. The molecule has 0 unspecified atom stereocenters. The van der Waals surface area contributed by atoms with Crippen molar-refractivity contribution in [2.24, 2.45) is 0 Å². The quantitative estimate of drug-likeness (QED) is 0.764. The van der Waals surface area contributed by atoms with Gasteiger partial charge in [-0.3, -0.25) is 0 Å². The first-order valence-corrected chi connectivity index (χ1v) is 4.95. The Morgan fingerprint density at radius 3 is 2.60 bits per heavy atom. The molecule has 2 rings (SSSR count). The first kappa shape index (κ1) is 10.2. The standard InChI is InChI=1S/C11H10ClFN2/c1-8-6-11(15(7-13)14-8)9-2-4-10(12)5-3-9/h2-6H,7H2,1H3. The summed E-state index contributed by atoms with van der Waals surface area (Å²) in [5.41, 5.74) is 2.49. The third-order valence-corrected chi connectivity index (χ3v) is 2.41. The summed E-state index contributed by atoms with van der Waals surface area (Å²) in [6.07, 6.45) is 0. The maximum atomic E-state index is 12.6. The predicted molar refractivity (Wildman–Crippen MR) is 58.5 cm³/mol. The van der Waals surface area contributed by atoms with Crippen LogP contribution in [0.15, 0.2) is 30.3 Å². The maximum Gasteiger partial charge on any atom is 0.182 e. The highest BCUT2D eigenvalue weighted by molar-refractivity contribution is 6.30. The SMILES string of the molecule is Cc1cc(-c2ccc(Cl)cc2)n(CF)n1. The molecule has 0 aliphatic carbocycles. The maximum absolute atomic E-state index is 12.6. The lowest BCUT2D eigenvalue weighted by molar-refractivity contribution is 0.352. The Hall–Kier alpha value is -1.35. The van der Waals surface area contributed by atoms with Crippen LogP contribution in [0.1, 0.15) is 5.69 Å². The average Bonchev–Trinajstić information content (AvgIpc) is 2.61. The van der Waals surface area contributed by atoms with E-state index in [1.54, 1.807) is 12.1 Å². The van der Waals surface area contributed by atoms with E-state index in [-0.39, 0.29) is 0 Å². The van der Waals surface area contributed by atoms with Gasteiger partial charge < -0.3 is 0 Å². The highest BCUT2D eigenvalue weighted by atomic mass is 35.5. The van der Waals surface area contributed by atoms with Crippen LogP contribution >= 0.6 is 11.6 Å². The summed E-state index contributed by atoms with van der Waals surface area (Å²) < 4.78 is 14.0. The number of aromatic nitrogens is 2. The monoisotopic (exact) mass is 224 g/mol. The fourth-order valence-electron chi connectivity index (χ4n) is 1.49. The van der Waals surface area contributed by atoms with Crippen LogP contribution in [-0.2, 0) is 6.80 Å². The molecule has 0 atom stereocenters. The van der Waals surface area contributed by atoms with Crippen LogP contribution in [0.25, 0.3) is 11.3 Å². The molecule has 0 saturated heterocycles. The van der Waals surface area contributed by atoms with Crippen LogP contribution in [0.5, 0.6) is 0 Å². The van der Waals surface area contributed by atoms with Crippen molar-refractivity contribution < 1.29 is 4.39 Å². The Balaban J connectivity index is 2.48. The second-order valence-corrected chi connectivity index (χ2v) is 3.73. The molecule has 2 aromatic rings. The highest BCUT2D eigenvalue weighted by Gasteiger charge is 2.06. The summed E-state index contributed by atoms with van der Waals surface area (Å²) in [5.74, 6) is 0. The fraction of sp³-hybridized carbons (Fsp3) is 0.182. The molecule has 0 amide bonds. The summed E-state index contributed by atoms with van der Waals surface area (Å²) in [6, 6.07) is 9.11. The first-order chi connectivity index (χ1) is 7.20. The van der Waals surface area contributed by atoms with Crippen molar-refractivity contribution in [1.29, 1.82) is 0 Å². The zero-order chi connectivity index (χ0) is 10.8. The van der Waals surface area contributed by atoms with Crippen LogP contribution in [0.2, 0.25) is 5.02 Å². The molecule has 0 radical (unpaired) electrons. The van der Waals surface area contributed by atoms with E-state index in [9.17, 15) is 4.39 Å². The van der Waals surface area contributed by atoms with Crippen LogP contribution in [0, 0.1) is 6.92 Å². The molecule has 0 N–H and O–H groups in total. The molecule has 1 aromatic carbocycles. The van der Waals surface area contributed by atoms with E-state index in [0.29, 0.717) is 5.02 Å². The van der Waals surface area contributed by atoms with Gasteiger partial charge in [-0.1, -0.05) is 23.7 Å². The molecule has 1 heterocycles. The van der Waals surface area contributed by atoms with Gasteiger partial charge >= 0.3 is 0 Å². The van der Waals surface area contributed by atoms with E-state index in [1.165, 1.54) is 4.68 Å². The number of alkyl halides is 1. The van der Waals surface area contributed by atoms with Gasteiger partial charge in [-0.05, 0) is 25.1 Å². The number of nitrogens with zero attached hydrogens (tertiary/aromatic N) is 2. The van der Waals surface area contributed by atoms with Gasteiger partial charge in [0, 0.05) is 10.6 Å². The molecule has 0 fully saturated rings. The summed E-state index contributed by atoms with van der Waals surface area (Å²) in [7, 11) is 0. The van der Waals surface area contributed by atoms with Gasteiger partial charge in [-0.25, -0.2) is 9.07 Å². The smallest absolute Gasteiger partial charge is 0.182 e. The van der Waals surface area contributed by atoms with Gasteiger partial charge in [0.2, 0.25) is 0 Å². The lowest BCUT2D eigenvalue weighted by Crippen LogP contribution is -1.97. The molecule has 0 aliphatic heterocycles. The van der Waals surface area contributed by atoms with Crippen LogP contribution < -0.4 is 0 Å². The molecule has 0 aliphatic rings. The number of aryl methyl sites for hydroxylation is 1. The van der Waals surface area contributed by atoms with Crippen molar-refractivity contribution in [3.8, 4) is 11.3 Å². The number of halogens is 2. The van der Waals surface area contributed by atoms with Crippen LogP contribution in [0.3, 0.4) is 0 Å². The lowest BCUT2D eigenvalue weighted by atomic mass is 10.1. The third kappa shape index (κ3) is 2.02. The molecule has 2 nitrogen and oxygen atoms in total. The predicted octanol–water partition coefficient (Wildman–Crippen LogP) is 3.44. The summed E-state index contributed by atoms with van der Waals surface area (Å²) in [5, 5.41) is 4.70. The van der Waals surface area contributed by atoms with E-state index in [4.69, 9.17) is 11.6 Å². The average molecular weight is 225 g/mol. The highest BCUT2D eigenvalue weighted by Crippen LogP contribution is 2.22. The van der Waals surface area contributed by atoms with Crippen molar-refractivity contribution in [3.63, 3.8) is 0 Å². The Morgan fingerprint density at radius 1 is 1.33 bits per heavy atom. The zero-order valence-corrected chi connectivity index (χ0v) is 9.00. The molecule has 4 heteroatoms. The molecular weight excluding hydrogens is 215 g/mol. The van der Waals surface area contributed by atoms with Crippen molar-refractivity contribution in [3.05, 3.63) is 41.0 Å². The summed E-state index contributed by atoms with van der Waals surface area (Å²) >= 11 is 5.78. The van der Waals surface area contributed by atoms with Gasteiger partial charge in [0.25, 0.3) is 0 Å². The van der Waals surface area contributed by atoms with E-state index in [2.05, 4.69) is 5.10 Å². The van der Waals surface area contributed by atoms with Crippen LogP contribution in [-0.4, -0.2) is 9.78 Å². The van der Waals surface area contributed by atoms with Gasteiger partial charge in [-0.15, -0.1) is 0 Å². The molecule has 0 saturated carbocycles. The second-order valence-electron chi connectivity index (χ2n) is 3.30. The summed E-state index contributed by atoms with van der Waals surface area (Å²) in [4.78, 5) is 0. The van der Waals surface area contributed by atoms with Crippen molar-refractivity contribution in [1.82, 2.24) is 9.78 Å². The van der Waals surface area contributed by atoms with Crippen LogP contribution in [0.4, 0.5) is 4.39 Å². The Kier molecular flexibility index (Phi) is 2.73. The second kappa shape index (κ2) is 4.03. The minimum Gasteiger partial charge on any atom is -0.234 e. The number of benzene rings is 1. The largest absolute Gasteiger partial charge is 0.234 e. The zero-order valence-electron chi connectivity index (χ0n) is 8.24. The Bertz CT molecular complexity index is 462.